The van der Waals surface area contributed by atoms with Crippen LogP contribution in [0, 0.1) is 0 Å². The van der Waals surface area contributed by atoms with Crippen LogP contribution in [0.25, 0.3) is 11.3 Å². The molecule has 0 aliphatic carbocycles. The number of pyridine rings is 1. The van der Waals surface area contributed by atoms with Crippen LogP contribution in [-0.4, -0.2) is 34.2 Å². The maximum Gasteiger partial charge on any atom is 0.273 e. The minimum absolute atomic E-state index is 0. The van der Waals surface area contributed by atoms with Crippen molar-refractivity contribution in [2.45, 2.75) is 43.8 Å². The lowest BCUT2D eigenvalue weighted by atomic mass is 10.00. The molecule has 2 aliphatic rings. The van der Waals surface area contributed by atoms with Gasteiger partial charge >= 0.3 is 0 Å². The van der Waals surface area contributed by atoms with Crippen LogP contribution >= 0.6 is 24.8 Å². The van der Waals surface area contributed by atoms with Gasteiger partial charge in [0, 0.05) is 42.1 Å². The van der Waals surface area contributed by atoms with E-state index in [-0.39, 0.29) is 36.8 Å². The third-order valence-corrected chi connectivity index (χ3v) is 4.50. The Kier molecular flexibility index (Phi) is 6.21. The second-order valence-electron chi connectivity index (χ2n) is 6.10. The molecule has 8 heteroatoms. The van der Waals surface area contributed by atoms with E-state index in [4.69, 9.17) is 4.52 Å². The van der Waals surface area contributed by atoms with Gasteiger partial charge in [-0.15, -0.1) is 24.8 Å². The zero-order valence-electron chi connectivity index (χ0n) is 13.0. The van der Waals surface area contributed by atoms with Crippen LogP contribution in [0.3, 0.4) is 0 Å². The molecule has 2 aromatic rings. The van der Waals surface area contributed by atoms with Gasteiger partial charge in [0.2, 0.25) is 0 Å². The fourth-order valence-corrected chi connectivity index (χ4v) is 3.46. The largest absolute Gasteiger partial charge is 0.355 e. The molecule has 0 spiro atoms. The molecule has 2 bridgehead atoms. The van der Waals surface area contributed by atoms with Gasteiger partial charge < -0.3 is 15.2 Å². The van der Waals surface area contributed by atoms with Crippen LogP contribution < -0.4 is 10.6 Å². The Bertz CT molecular complexity index is 668. The van der Waals surface area contributed by atoms with Gasteiger partial charge in [0.05, 0.1) is 0 Å². The number of rotatable bonds is 3. The molecule has 2 saturated heterocycles. The molecule has 4 heterocycles. The van der Waals surface area contributed by atoms with Crippen molar-refractivity contribution in [2.75, 3.05) is 0 Å². The summed E-state index contributed by atoms with van der Waals surface area (Å²) >= 11 is 0. The van der Waals surface area contributed by atoms with Crippen molar-refractivity contribution in [3.05, 3.63) is 36.3 Å². The Morgan fingerprint density at radius 2 is 2.00 bits per heavy atom. The number of piperidine rings is 1. The molecule has 6 nitrogen and oxygen atoms in total. The second-order valence-corrected chi connectivity index (χ2v) is 6.10. The van der Waals surface area contributed by atoms with Crippen molar-refractivity contribution in [1.29, 1.82) is 0 Å². The van der Waals surface area contributed by atoms with E-state index in [2.05, 4.69) is 20.8 Å². The van der Waals surface area contributed by atoms with Crippen molar-refractivity contribution >= 4 is 30.7 Å². The molecular weight excluding hydrogens is 351 g/mol. The molecule has 2 fully saturated rings. The Balaban J connectivity index is 0.00000104. The third-order valence-electron chi connectivity index (χ3n) is 4.50. The molecule has 2 aliphatic heterocycles. The van der Waals surface area contributed by atoms with Gasteiger partial charge in [-0.2, -0.15) is 0 Å². The van der Waals surface area contributed by atoms with Gasteiger partial charge in [-0.3, -0.25) is 9.78 Å². The summed E-state index contributed by atoms with van der Waals surface area (Å²) in [6.07, 6.45) is 7.80. The minimum Gasteiger partial charge on any atom is -0.355 e. The predicted molar refractivity (Wildman–Crippen MR) is 94.7 cm³/mol. The molecule has 2 aromatic heterocycles. The maximum absolute atomic E-state index is 12.3. The number of aromatic nitrogens is 2. The van der Waals surface area contributed by atoms with Crippen LogP contribution in [0.5, 0.6) is 0 Å². The van der Waals surface area contributed by atoms with Gasteiger partial charge in [0.25, 0.3) is 5.91 Å². The maximum atomic E-state index is 12.3. The zero-order valence-corrected chi connectivity index (χ0v) is 14.6. The van der Waals surface area contributed by atoms with Crippen LogP contribution in [0.4, 0.5) is 0 Å². The smallest absolute Gasteiger partial charge is 0.273 e. The molecule has 130 valence electrons. The number of nitrogens with one attached hydrogen (secondary N) is 2. The average Bonchev–Trinajstić information content (AvgIpc) is 3.15. The normalized spacial score (nSPS) is 24.6. The van der Waals surface area contributed by atoms with E-state index < -0.39 is 0 Å². The number of nitrogens with zero attached hydrogens (tertiary/aromatic N) is 2. The van der Waals surface area contributed by atoms with E-state index in [9.17, 15) is 4.79 Å². The summed E-state index contributed by atoms with van der Waals surface area (Å²) in [6.45, 7) is 0. The molecule has 0 aromatic carbocycles. The first-order chi connectivity index (χ1) is 10.8. The van der Waals surface area contributed by atoms with Crippen molar-refractivity contribution in [2.24, 2.45) is 0 Å². The van der Waals surface area contributed by atoms with Gasteiger partial charge in [-0.05, 0) is 37.8 Å². The lowest BCUT2D eigenvalue weighted by Crippen LogP contribution is -2.48. The number of hydrogen-bond donors (Lipinski definition) is 2. The van der Waals surface area contributed by atoms with Gasteiger partial charge in [-0.1, -0.05) is 5.16 Å². The monoisotopic (exact) mass is 370 g/mol. The van der Waals surface area contributed by atoms with E-state index in [1.54, 1.807) is 18.5 Å². The summed E-state index contributed by atoms with van der Waals surface area (Å²) in [4.78, 5) is 16.4. The number of carbonyl (C=O) groups excluding carboxylic acids is 1. The van der Waals surface area contributed by atoms with Crippen molar-refractivity contribution in [3.8, 4) is 11.3 Å². The predicted octanol–water partition coefficient (Wildman–Crippen LogP) is 2.59. The van der Waals surface area contributed by atoms with E-state index in [0.29, 0.717) is 23.5 Å². The lowest BCUT2D eigenvalue weighted by molar-refractivity contribution is 0.0915. The zero-order chi connectivity index (χ0) is 14.9. The van der Waals surface area contributed by atoms with E-state index in [1.807, 2.05) is 12.1 Å². The standard InChI is InChI=1S/C16H18N4O2.2ClH/c21-16(19-13-6-11-3-4-12(7-13)18-11)14-8-15(22-20-14)10-2-1-5-17-9-10;;/h1-2,5,8-9,11-13,18H,3-4,6-7H2,(H,19,21);2*1H. The second kappa shape index (κ2) is 7.96. The van der Waals surface area contributed by atoms with Crippen LogP contribution in [0.15, 0.2) is 35.1 Å². The van der Waals surface area contributed by atoms with Crippen molar-refractivity contribution in [3.63, 3.8) is 0 Å². The summed E-state index contributed by atoms with van der Waals surface area (Å²) in [7, 11) is 0. The van der Waals surface area contributed by atoms with Crippen LogP contribution in [0.2, 0.25) is 0 Å². The van der Waals surface area contributed by atoms with E-state index in [1.165, 1.54) is 12.8 Å². The number of hydrogen-bond acceptors (Lipinski definition) is 5. The Hall–Kier alpha value is -1.63. The SMILES string of the molecule is Cl.Cl.O=C(NC1CC2CCC(C1)N2)c1cc(-c2cccnc2)on1. The Morgan fingerprint density at radius 1 is 1.25 bits per heavy atom. The first-order valence-corrected chi connectivity index (χ1v) is 7.72. The summed E-state index contributed by atoms with van der Waals surface area (Å²) in [6, 6.07) is 6.69. The van der Waals surface area contributed by atoms with E-state index in [0.717, 1.165) is 18.4 Å². The number of halogens is 2. The van der Waals surface area contributed by atoms with Crippen molar-refractivity contribution in [1.82, 2.24) is 20.8 Å². The van der Waals surface area contributed by atoms with Gasteiger partial charge in [-0.25, -0.2) is 0 Å². The molecule has 4 rings (SSSR count). The molecule has 0 radical (unpaired) electrons. The Labute approximate surface area is 152 Å². The first kappa shape index (κ1) is 18.7. The summed E-state index contributed by atoms with van der Waals surface area (Å²) < 4.78 is 5.25. The van der Waals surface area contributed by atoms with Gasteiger partial charge in [0.15, 0.2) is 11.5 Å². The molecule has 2 atom stereocenters. The number of carbonyl (C=O) groups is 1. The topological polar surface area (TPSA) is 80.0 Å². The van der Waals surface area contributed by atoms with E-state index >= 15 is 0 Å². The highest BCUT2D eigenvalue weighted by Gasteiger charge is 2.34. The number of fused-ring (bicyclic) bond motifs is 2. The highest BCUT2D eigenvalue weighted by Crippen LogP contribution is 2.27. The molecular formula is C16H20Cl2N4O2. The lowest BCUT2D eigenvalue weighted by Gasteiger charge is -2.29. The highest BCUT2D eigenvalue weighted by molar-refractivity contribution is 5.93. The van der Waals surface area contributed by atoms with Crippen molar-refractivity contribution < 1.29 is 9.32 Å². The molecule has 1 amide bonds. The third kappa shape index (κ3) is 3.88. The fraction of sp³-hybridized carbons (Fsp3) is 0.438. The highest BCUT2D eigenvalue weighted by atomic mass is 35.5. The summed E-state index contributed by atoms with van der Waals surface area (Å²) in [5.41, 5.74) is 1.14. The quantitative estimate of drug-likeness (QED) is 0.867. The fourth-order valence-electron chi connectivity index (χ4n) is 3.46. The molecule has 2 unspecified atom stereocenters. The molecule has 0 saturated carbocycles. The molecule has 24 heavy (non-hydrogen) atoms. The van der Waals surface area contributed by atoms with Gasteiger partial charge in [0.1, 0.15) is 0 Å². The summed E-state index contributed by atoms with van der Waals surface area (Å²) in [5, 5.41) is 10.5. The number of amides is 1. The first-order valence-electron chi connectivity index (χ1n) is 7.72. The Morgan fingerprint density at radius 3 is 2.67 bits per heavy atom. The minimum atomic E-state index is -0.162. The van der Waals surface area contributed by atoms with Crippen LogP contribution in [0.1, 0.15) is 36.2 Å². The van der Waals surface area contributed by atoms with Crippen LogP contribution in [-0.2, 0) is 0 Å². The average molecular weight is 371 g/mol. The summed E-state index contributed by atoms with van der Waals surface area (Å²) in [5.74, 6) is 0.397. The molecule has 2 N–H and O–H groups in total.